The first-order chi connectivity index (χ1) is 14.6. The molecule has 0 aromatic carbocycles. The van der Waals surface area contributed by atoms with Crippen molar-refractivity contribution in [1.29, 1.82) is 0 Å². The lowest BCUT2D eigenvalue weighted by molar-refractivity contribution is -0.172. The highest BCUT2D eigenvalue weighted by Gasteiger charge is 2.69. The van der Waals surface area contributed by atoms with Crippen LogP contribution in [-0.2, 0) is 23.9 Å². The maximum Gasteiger partial charge on any atom is 0.306 e. The second kappa shape index (κ2) is 6.77. The Hall–Kier alpha value is -1.95. The molecule has 0 bridgehead atoms. The first-order valence-corrected chi connectivity index (χ1v) is 11.6. The van der Waals surface area contributed by atoms with E-state index in [-0.39, 0.29) is 47.3 Å². The van der Waals surface area contributed by atoms with Crippen LogP contribution in [0.5, 0.6) is 0 Å². The average Bonchev–Trinajstić information content (AvgIpc) is 3.25. The largest absolute Gasteiger partial charge is 0.469 e. The van der Waals surface area contributed by atoms with Gasteiger partial charge in [0.1, 0.15) is 5.60 Å². The zero-order valence-corrected chi connectivity index (χ0v) is 18.6. The fourth-order valence-electron chi connectivity index (χ4n) is 7.80. The van der Waals surface area contributed by atoms with E-state index in [4.69, 9.17) is 9.47 Å². The van der Waals surface area contributed by atoms with Crippen molar-refractivity contribution in [2.75, 3.05) is 7.11 Å². The van der Waals surface area contributed by atoms with Crippen LogP contribution < -0.4 is 0 Å². The van der Waals surface area contributed by atoms with Crippen molar-refractivity contribution in [2.24, 2.45) is 28.6 Å². The van der Waals surface area contributed by atoms with Crippen molar-refractivity contribution in [3.05, 3.63) is 23.3 Å². The van der Waals surface area contributed by atoms with Crippen molar-refractivity contribution in [3.8, 4) is 0 Å². The van der Waals surface area contributed by atoms with Crippen LogP contribution in [0.15, 0.2) is 23.3 Å². The van der Waals surface area contributed by atoms with Crippen LogP contribution in [0, 0.1) is 28.6 Å². The number of esters is 2. The average molecular weight is 429 g/mol. The third-order valence-electron chi connectivity index (χ3n) is 9.60. The van der Waals surface area contributed by atoms with E-state index in [1.807, 2.05) is 6.08 Å². The van der Waals surface area contributed by atoms with Gasteiger partial charge in [-0.25, -0.2) is 0 Å². The third kappa shape index (κ3) is 2.69. The lowest BCUT2D eigenvalue weighted by atomic mass is 9.47. The molecule has 6 heteroatoms. The van der Waals surface area contributed by atoms with Gasteiger partial charge in [0.15, 0.2) is 5.78 Å². The number of carbonyl (C=O) groups is 3. The zero-order valence-electron chi connectivity index (χ0n) is 18.6. The molecule has 4 aliphatic carbocycles. The topological polar surface area (TPSA) is 89.9 Å². The monoisotopic (exact) mass is 428 g/mol. The van der Waals surface area contributed by atoms with E-state index in [1.54, 1.807) is 6.08 Å². The van der Waals surface area contributed by atoms with Crippen molar-refractivity contribution in [1.82, 2.24) is 0 Å². The van der Waals surface area contributed by atoms with Gasteiger partial charge < -0.3 is 14.6 Å². The molecule has 3 fully saturated rings. The van der Waals surface area contributed by atoms with Gasteiger partial charge in [-0.15, -0.1) is 0 Å². The fraction of sp³-hybridized carbons (Fsp3) is 0.720. The van der Waals surface area contributed by atoms with Gasteiger partial charge in [0, 0.05) is 30.1 Å². The Morgan fingerprint density at radius 3 is 2.68 bits per heavy atom. The molecule has 0 amide bonds. The molecule has 168 valence electrons. The summed E-state index contributed by atoms with van der Waals surface area (Å²) in [6.07, 6.45) is 7.90. The van der Waals surface area contributed by atoms with E-state index in [9.17, 15) is 19.5 Å². The molecule has 2 saturated carbocycles. The van der Waals surface area contributed by atoms with Crippen molar-refractivity contribution in [3.63, 3.8) is 0 Å². The van der Waals surface area contributed by atoms with Gasteiger partial charge in [-0.3, -0.25) is 14.4 Å². The summed E-state index contributed by atoms with van der Waals surface area (Å²) >= 11 is 0. The molecule has 1 spiro atoms. The Kier molecular flexibility index (Phi) is 4.57. The van der Waals surface area contributed by atoms with Crippen molar-refractivity contribution in [2.45, 2.75) is 76.9 Å². The molecule has 1 heterocycles. The minimum Gasteiger partial charge on any atom is -0.469 e. The highest BCUT2D eigenvalue weighted by molar-refractivity contribution is 5.92. The summed E-state index contributed by atoms with van der Waals surface area (Å²) in [7, 11) is 1.41. The number of aliphatic hydroxyl groups is 1. The van der Waals surface area contributed by atoms with Crippen molar-refractivity contribution < 1.29 is 29.0 Å². The quantitative estimate of drug-likeness (QED) is 0.536. The number of ether oxygens (including phenoxy) is 2. The molecule has 5 aliphatic rings. The van der Waals surface area contributed by atoms with E-state index < -0.39 is 17.1 Å². The molecule has 1 aliphatic heterocycles. The number of aliphatic hydroxyl groups excluding tert-OH is 1. The normalized spacial score (nSPS) is 45.9. The molecule has 7 atom stereocenters. The number of fused-ring (bicyclic) bond motifs is 6. The van der Waals surface area contributed by atoms with Crippen molar-refractivity contribution >= 4 is 17.7 Å². The molecule has 5 rings (SSSR count). The maximum atomic E-state index is 12.3. The molecule has 1 N–H and O–H groups in total. The number of hydrogen-bond acceptors (Lipinski definition) is 6. The zero-order chi connectivity index (χ0) is 22.2. The Balaban J connectivity index is 1.64. The van der Waals surface area contributed by atoms with E-state index in [2.05, 4.69) is 13.8 Å². The van der Waals surface area contributed by atoms with Crippen LogP contribution in [0.3, 0.4) is 0 Å². The van der Waals surface area contributed by atoms with Gasteiger partial charge in [-0.2, -0.15) is 0 Å². The lowest BCUT2D eigenvalue weighted by Crippen LogP contribution is -2.58. The molecule has 6 nitrogen and oxygen atoms in total. The number of ketones is 1. The molecule has 1 saturated heterocycles. The summed E-state index contributed by atoms with van der Waals surface area (Å²) in [4.78, 5) is 36.7. The van der Waals surface area contributed by atoms with Crippen LogP contribution in [-0.4, -0.2) is 41.6 Å². The fourth-order valence-corrected chi connectivity index (χ4v) is 7.80. The van der Waals surface area contributed by atoms with Crippen LogP contribution >= 0.6 is 0 Å². The number of hydrogen-bond donors (Lipinski definition) is 1. The summed E-state index contributed by atoms with van der Waals surface area (Å²) in [6.45, 7) is 4.27. The van der Waals surface area contributed by atoms with Gasteiger partial charge in [0.2, 0.25) is 0 Å². The number of methoxy groups -OCH3 is 1. The minimum atomic E-state index is -0.732. The summed E-state index contributed by atoms with van der Waals surface area (Å²) in [5, 5.41) is 11.5. The molecule has 31 heavy (non-hydrogen) atoms. The number of carbonyl (C=O) groups excluding carboxylic acids is 3. The van der Waals surface area contributed by atoms with Gasteiger partial charge in [0.25, 0.3) is 0 Å². The maximum absolute atomic E-state index is 12.3. The van der Waals surface area contributed by atoms with Gasteiger partial charge >= 0.3 is 11.9 Å². The molecule has 0 aromatic rings. The Labute approximate surface area is 183 Å². The van der Waals surface area contributed by atoms with Crippen LogP contribution in [0.25, 0.3) is 0 Å². The summed E-state index contributed by atoms with van der Waals surface area (Å²) in [5.41, 5.74) is 0.768. The van der Waals surface area contributed by atoms with Crippen LogP contribution in [0.2, 0.25) is 0 Å². The molecule has 0 radical (unpaired) electrons. The van der Waals surface area contributed by atoms with E-state index in [0.29, 0.717) is 25.7 Å². The number of rotatable bonds is 2. The molecule has 0 aromatic heterocycles. The highest BCUT2D eigenvalue weighted by Crippen LogP contribution is 2.69. The van der Waals surface area contributed by atoms with E-state index >= 15 is 0 Å². The second-order valence-electron chi connectivity index (χ2n) is 10.7. The first-order valence-electron chi connectivity index (χ1n) is 11.6. The summed E-state index contributed by atoms with van der Waals surface area (Å²) in [5.74, 6) is -0.0686. The standard InChI is InChI=1S/C25H32O6/c1-23-7-4-16(26)12-15(23)10-14(11-21(29)30-3)22-17-5-8-25(9-6-20(28)31-25)24(17,2)19(27)13-18(22)23/h12-14,17,19,22,27H,4-11H2,1-3H3/t14-,17?,19-,22?,23-,24+,25+/m0/s1. The molecule has 2 unspecified atom stereocenters. The second-order valence-corrected chi connectivity index (χ2v) is 10.7. The predicted octanol–water partition coefficient (Wildman–Crippen LogP) is 3.27. The SMILES string of the molecule is COC(=O)C[C@@H]1CC2=CC(=O)CC[C@]2(C)C2=C[C@H](O)[C@@]3(C)C(CC[C@@]34CCC(=O)O4)C21. The summed E-state index contributed by atoms with van der Waals surface area (Å²) < 4.78 is 11.0. The Morgan fingerprint density at radius 2 is 2.00 bits per heavy atom. The van der Waals surface area contributed by atoms with Gasteiger partial charge in [-0.05, 0) is 55.9 Å². The highest BCUT2D eigenvalue weighted by atomic mass is 16.6. The molecular formula is C25H32O6. The van der Waals surface area contributed by atoms with Gasteiger partial charge in [-0.1, -0.05) is 31.1 Å². The van der Waals surface area contributed by atoms with Crippen LogP contribution in [0.4, 0.5) is 0 Å². The summed E-state index contributed by atoms with van der Waals surface area (Å²) in [6, 6.07) is 0. The van der Waals surface area contributed by atoms with Crippen LogP contribution in [0.1, 0.15) is 65.2 Å². The van der Waals surface area contributed by atoms with Gasteiger partial charge in [0.05, 0.1) is 13.2 Å². The predicted molar refractivity (Wildman–Crippen MR) is 112 cm³/mol. The lowest BCUT2D eigenvalue weighted by Gasteiger charge is -2.58. The smallest absolute Gasteiger partial charge is 0.306 e. The molecular weight excluding hydrogens is 396 g/mol. The minimum absolute atomic E-state index is 0.00741. The van der Waals surface area contributed by atoms with E-state index in [1.165, 1.54) is 12.7 Å². The number of allylic oxidation sites excluding steroid dienone is 3. The Bertz CT molecular complexity index is 917. The van der Waals surface area contributed by atoms with E-state index in [0.717, 1.165) is 24.8 Å². The third-order valence-corrected chi connectivity index (χ3v) is 9.60. The Morgan fingerprint density at radius 1 is 1.23 bits per heavy atom. The first kappa shape index (κ1) is 20.9.